The van der Waals surface area contributed by atoms with Gasteiger partial charge in [0.25, 0.3) is 10.0 Å². The van der Waals surface area contributed by atoms with Crippen LogP contribution < -0.4 is 10.5 Å². The molecule has 0 aromatic heterocycles. The minimum absolute atomic E-state index is 0.0238. The average Bonchev–Trinajstić information content (AvgIpc) is 2.27. The molecule has 2 rings (SSSR count). The van der Waals surface area contributed by atoms with Crippen molar-refractivity contribution < 1.29 is 8.42 Å². The minimum Gasteiger partial charge on any atom is -0.398 e. The maximum Gasteiger partial charge on any atom is 0.263 e. The van der Waals surface area contributed by atoms with Gasteiger partial charge in [0.15, 0.2) is 0 Å². The van der Waals surface area contributed by atoms with Gasteiger partial charge in [0.1, 0.15) is 4.90 Å². The second-order valence-corrected chi connectivity index (χ2v) is 6.80. The van der Waals surface area contributed by atoms with Crippen molar-refractivity contribution >= 4 is 48.9 Å². The number of nitrogens with one attached hydrogen (secondary N) is 1. The third-order valence-corrected chi connectivity index (χ3v) is 4.52. The Morgan fingerprint density at radius 2 is 1.89 bits per heavy atom. The van der Waals surface area contributed by atoms with E-state index < -0.39 is 10.0 Å². The monoisotopic (exact) mass is 360 g/mol. The molecule has 0 spiro atoms. The molecule has 3 N–H and O–H groups in total. The number of sulfonamides is 1. The highest BCUT2D eigenvalue weighted by molar-refractivity contribution is 9.10. The highest BCUT2D eigenvalue weighted by Gasteiger charge is 2.17. The lowest BCUT2D eigenvalue weighted by atomic mass is 10.3. The van der Waals surface area contributed by atoms with Crippen molar-refractivity contribution in [2.75, 3.05) is 10.5 Å². The Bertz CT molecular complexity index is 719. The number of hydrogen-bond donors (Lipinski definition) is 2. The van der Waals surface area contributed by atoms with Gasteiger partial charge in [-0.05, 0) is 36.4 Å². The quantitative estimate of drug-likeness (QED) is 0.822. The summed E-state index contributed by atoms with van der Waals surface area (Å²) in [6.45, 7) is 0. The number of anilines is 2. The van der Waals surface area contributed by atoms with Crippen molar-refractivity contribution in [1.82, 2.24) is 0 Å². The molecule has 0 saturated carbocycles. The predicted molar refractivity (Wildman–Crippen MR) is 80.8 cm³/mol. The zero-order valence-electron chi connectivity index (χ0n) is 9.60. The molecule has 0 unspecified atom stereocenters. The van der Waals surface area contributed by atoms with Crippen molar-refractivity contribution in [3.8, 4) is 0 Å². The molecule has 0 fully saturated rings. The molecule has 0 bridgehead atoms. The van der Waals surface area contributed by atoms with Crippen molar-refractivity contribution in [1.29, 1.82) is 0 Å². The van der Waals surface area contributed by atoms with E-state index in [1.165, 1.54) is 18.2 Å². The maximum atomic E-state index is 12.2. The van der Waals surface area contributed by atoms with E-state index in [0.29, 0.717) is 15.2 Å². The fourth-order valence-electron chi connectivity index (χ4n) is 1.53. The summed E-state index contributed by atoms with van der Waals surface area (Å²) < 4.78 is 27.5. The van der Waals surface area contributed by atoms with Gasteiger partial charge < -0.3 is 5.73 Å². The van der Waals surface area contributed by atoms with E-state index in [2.05, 4.69) is 20.7 Å². The Labute approximate surface area is 124 Å². The van der Waals surface area contributed by atoms with E-state index in [0.717, 1.165) is 0 Å². The molecule has 0 amide bonds. The SMILES string of the molecule is Nc1cc(Br)ccc1S(=O)(=O)Nc1cccc(Cl)c1. The molecular formula is C12H10BrClN2O2S. The number of nitrogen functional groups attached to an aromatic ring is 1. The minimum atomic E-state index is -3.73. The smallest absolute Gasteiger partial charge is 0.263 e. The normalized spacial score (nSPS) is 11.3. The molecule has 4 nitrogen and oxygen atoms in total. The molecular weight excluding hydrogens is 352 g/mol. The molecule has 2 aromatic carbocycles. The number of benzene rings is 2. The first-order valence-corrected chi connectivity index (χ1v) is 7.87. The average molecular weight is 362 g/mol. The molecule has 2 aromatic rings. The topological polar surface area (TPSA) is 72.2 Å². The van der Waals surface area contributed by atoms with Crippen molar-refractivity contribution in [3.05, 3.63) is 52.0 Å². The van der Waals surface area contributed by atoms with Crippen LogP contribution in [0.2, 0.25) is 5.02 Å². The molecule has 0 atom stereocenters. The Kier molecular flexibility index (Phi) is 4.03. The second-order valence-electron chi connectivity index (χ2n) is 3.80. The summed E-state index contributed by atoms with van der Waals surface area (Å²) >= 11 is 9.03. The first-order valence-electron chi connectivity index (χ1n) is 5.22. The van der Waals surface area contributed by atoms with Crippen LogP contribution in [0.3, 0.4) is 0 Å². The van der Waals surface area contributed by atoms with Gasteiger partial charge in [-0.2, -0.15) is 0 Å². The van der Waals surface area contributed by atoms with Crippen LogP contribution in [0.5, 0.6) is 0 Å². The standard InChI is InChI=1S/C12H10BrClN2O2S/c13-8-4-5-12(11(15)6-8)19(17,18)16-10-3-1-2-9(14)7-10/h1-7,16H,15H2. The summed E-state index contributed by atoms with van der Waals surface area (Å²) in [5, 5.41) is 0.448. The predicted octanol–water partition coefficient (Wildman–Crippen LogP) is 3.49. The van der Waals surface area contributed by atoms with E-state index in [-0.39, 0.29) is 10.6 Å². The first-order chi connectivity index (χ1) is 8.88. The van der Waals surface area contributed by atoms with Crippen molar-refractivity contribution in [3.63, 3.8) is 0 Å². The molecule has 0 radical (unpaired) electrons. The lowest BCUT2D eigenvalue weighted by Crippen LogP contribution is -2.14. The Hall–Kier alpha value is -1.24. The van der Waals surface area contributed by atoms with Crippen LogP contribution in [-0.4, -0.2) is 8.42 Å². The Balaban J connectivity index is 2.38. The zero-order chi connectivity index (χ0) is 14.0. The van der Waals surface area contributed by atoms with E-state index in [9.17, 15) is 8.42 Å². The largest absolute Gasteiger partial charge is 0.398 e. The van der Waals surface area contributed by atoms with Crippen LogP contribution >= 0.6 is 27.5 Å². The van der Waals surface area contributed by atoms with E-state index in [1.807, 2.05) is 0 Å². The fourth-order valence-corrected chi connectivity index (χ4v) is 3.26. The molecule has 19 heavy (non-hydrogen) atoms. The van der Waals surface area contributed by atoms with Crippen LogP contribution in [0.4, 0.5) is 11.4 Å². The summed E-state index contributed by atoms with van der Waals surface area (Å²) in [7, 11) is -3.73. The molecule has 0 aliphatic heterocycles. The number of rotatable bonds is 3. The second kappa shape index (κ2) is 5.40. The summed E-state index contributed by atoms with van der Waals surface area (Å²) in [4.78, 5) is 0.0238. The van der Waals surface area contributed by atoms with Crippen LogP contribution in [0.1, 0.15) is 0 Å². The van der Waals surface area contributed by atoms with Gasteiger partial charge in [-0.3, -0.25) is 4.72 Å². The Morgan fingerprint density at radius 3 is 2.53 bits per heavy atom. The van der Waals surface area contributed by atoms with Gasteiger partial charge in [0.2, 0.25) is 0 Å². The van der Waals surface area contributed by atoms with Gasteiger partial charge >= 0.3 is 0 Å². The van der Waals surface area contributed by atoms with Gasteiger partial charge in [-0.25, -0.2) is 8.42 Å². The molecule has 7 heteroatoms. The van der Waals surface area contributed by atoms with Crippen LogP contribution in [0.15, 0.2) is 51.8 Å². The van der Waals surface area contributed by atoms with Gasteiger partial charge in [-0.1, -0.05) is 33.6 Å². The highest BCUT2D eigenvalue weighted by Crippen LogP contribution is 2.25. The number of hydrogen-bond acceptors (Lipinski definition) is 3. The molecule has 0 heterocycles. The molecule has 0 aliphatic rings. The first kappa shape index (κ1) is 14.2. The van der Waals surface area contributed by atoms with Crippen LogP contribution in [-0.2, 0) is 10.0 Å². The summed E-state index contributed by atoms with van der Waals surface area (Å²) in [6.07, 6.45) is 0. The third-order valence-electron chi connectivity index (χ3n) is 2.34. The highest BCUT2D eigenvalue weighted by atomic mass is 79.9. The maximum absolute atomic E-state index is 12.2. The summed E-state index contributed by atoms with van der Waals surface area (Å²) in [5.41, 5.74) is 6.27. The number of halogens is 2. The molecule has 0 aliphatic carbocycles. The van der Waals surface area contributed by atoms with Gasteiger partial charge in [0, 0.05) is 9.50 Å². The van der Waals surface area contributed by atoms with Crippen molar-refractivity contribution in [2.24, 2.45) is 0 Å². The van der Waals surface area contributed by atoms with Crippen LogP contribution in [0, 0.1) is 0 Å². The molecule has 0 saturated heterocycles. The zero-order valence-corrected chi connectivity index (χ0v) is 12.8. The summed E-state index contributed by atoms with van der Waals surface area (Å²) in [5.74, 6) is 0. The number of nitrogens with two attached hydrogens (primary N) is 1. The van der Waals surface area contributed by atoms with Crippen LogP contribution in [0.25, 0.3) is 0 Å². The third kappa shape index (κ3) is 3.40. The van der Waals surface area contributed by atoms with E-state index >= 15 is 0 Å². The van der Waals surface area contributed by atoms with Gasteiger partial charge in [0.05, 0.1) is 11.4 Å². The van der Waals surface area contributed by atoms with E-state index in [1.54, 1.807) is 24.3 Å². The van der Waals surface area contributed by atoms with E-state index in [4.69, 9.17) is 17.3 Å². The fraction of sp³-hybridized carbons (Fsp3) is 0. The molecule has 100 valence electrons. The lowest BCUT2D eigenvalue weighted by molar-refractivity contribution is 0.601. The van der Waals surface area contributed by atoms with Gasteiger partial charge in [-0.15, -0.1) is 0 Å². The Morgan fingerprint density at radius 1 is 1.16 bits per heavy atom. The van der Waals surface area contributed by atoms with Crippen molar-refractivity contribution in [2.45, 2.75) is 4.90 Å². The lowest BCUT2D eigenvalue weighted by Gasteiger charge is -2.10. The summed E-state index contributed by atoms with van der Waals surface area (Å²) in [6, 6.07) is 11.0.